The Balaban J connectivity index is 1.05. The molecule has 6 rings (SSSR count). The SMILES string of the molecule is COC1=CNC=C(c2ccc(-c3ccc(N(CCOCCOc4ccc5c(c4)C(=O)N(C4CCC(=O)NC4=O)C5=O)C(=O)OC(C)(C)C)nc3F)cc2)N1C. The molecule has 3 aliphatic heterocycles. The number of halogens is 1. The van der Waals surface area contributed by atoms with E-state index in [4.69, 9.17) is 18.9 Å². The molecule has 2 N–H and O–H groups in total. The minimum Gasteiger partial charge on any atom is -0.491 e. The van der Waals surface area contributed by atoms with Crippen LogP contribution in [0.4, 0.5) is 15.0 Å². The number of nitrogens with one attached hydrogen (secondary N) is 2. The molecule has 3 aliphatic rings. The lowest BCUT2D eigenvalue weighted by molar-refractivity contribution is -0.136. The first kappa shape index (κ1) is 38.4. The third-order valence-electron chi connectivity index (χ3n) is 8.91. The molecule has 15 nitrogen and oxygen atoms in total. The summed E-state index contributed by atoms with van der Waals surface area (Å²) >= 11 is 0. The fourth-order valence-corrected chi connectivity index (χ4v) is 6.22. The molecule has 55 heavy (non-hydrogen) atoms. The van der Waals surface area contributed by atoms with Crippen molar-refractivity contribution in [3.05, 3.63) is 95.5 Å². The lowest BCUT2D eigenvalue weighted by Gasteiger charge is -2.27. The maximum absolute atomic E-state index is 15.6. The zero-order valence-electron chi connectivity index (χ0n) is 31.0. The van der Waals surface area contributed by atoms with Crippen LogP contribution in [0, 0.1) is 5.95 Å². The molecule has 4 heterocycles. The second-order valence-corrected chi connectivity index (χ2v) is 13.8. The summed E-state index contributed by atoms with van der Waals surface area (Å²) in [5.74, 6) is -2.21. The maximum atomic E-state index is 15.6. The number of nitrogens with zero attached hydrogens (tertiary/aromatic N) is 4. The topological polar surface area (TPSA) is 169 Å². The number of piperidine rings is 1. The van der Waals surface area contributed by atoms with E-state index in [-0.39, 0.29) is 61.7 Å². The van der Waals surface area contributed by atoms with Gasteiger partial charge in [0.25, 0.3) is 11.8 Å². The second kappa shape index (κ2) is 16.0. The van der Waals surface area contributed by atoms with Gasteiger partial charge in [0, 0.05) is 25.2 Å². The molecular formula is C39H41FN6O9. The number of hydrogen-bond acceptors (Lipinski definition) is 12. The highest BCUT2D eigenvalue weighted by atomic mass is 19.1. The quantitative estimate of drug-likeness (QED) is 0.152. The molecule has 0 radical (unpaired) electrons. The predicted molar refractivity (Wildman–Crippen MR) is 197 cm³/mol. The van der Waals surface area contributed by atoms with Crippen LogP contribution in [0.15, 0.2) is 72.9 Å². The lowest BCUT2D eigenvalue weighted by atomic mass is 10.0. The van der Waals surface area contributed by atoms with Crippen LogP contribution < -0.4 is 20.3 Å². The van der Waals surface area contributed by atoms with Crippen LogP contribution in [0.2, 0.25) is 0 Å². The third-order valence-corrected chi connectivity index (χ3v) is 8.91. The monoisotopic (exact) mass is 756 g/mol. The van der Waals surface area contributed by atoms with Gasteiger partial charge in [0.1, 0.15) is 29.8 Å². The third kappa shape index (κ3) is 8.44. The Morgan fingerprint density at radius 2 is 1.64 bits per heavy atom. The van der Waals surface area contributed by atoms with E-state index in [0.29, 0.717) is 17.2 Å². The van der Waals surface area contributed by atoms with Gasteiger partial charge in [-0.1, -0.05) is 24.3 Å². The molecule has 0 spiro atoms. The Bertz CT molecular complexity index is 2080. The van der Waals surface area contributed by atoms with Gasteiger partial charge in [-0.05, 0) is 68.7 Å². The molecule has 1 aromatic heterocycles. The van der Waals surface area contributed by atoms with Gasteiger partial charge in [0.2, 0.25) is 23.6 Å². The van der Waals surface area contributed by atoms with Crippen molar-refractivity contribution in [2.45, 2.75) is 45.3 Å². The van der Waals surface area contributed by atoms with Gasteiger partial charge in [-0.2, -0.15) is 4.39 Å². The number of aromatic nitrogens is 1. The number of anilines is 1. The molecule has 16 heteroatoms. The van der Waals surface area contributed by atoms with Crippen LogP contribution in [0.3, 0.4) is 0 Å². The molecule has 5 amide bonds. The zero-order chi connectivity index (χ0) is 39.4. The second-order valence-electron chi connectivity index (χ2n) is 13.8. The van der Waals surface area contributed by atoms with Crippen molar-refractivity contribution in [3.63, 3.8) is 0 Å². The van der Waals surface area contributed by atoms with Crippen LogP contribution in [0.1, 0.15) is 59.9 Å². The van der Waals surface area contributed by atoms with Crippen LogP contribution in [0.25, 0.3) is 16.8 Å². The summed E-state index contributed by atoms with van der Waals surface area (Å²) in [6, 6.07) is 13.7. The number of amides is 5. The summed E-state index contributed by atoms with van der Waals surface area (Å²) in [7, 11) is 3.46. The smallest absolute Gasteiger partial charge is 0.416 e. The highest BCUT2D eigenvalue weighted by Gasteiger charge is 2.44. The van der Waals surface area contributed by atoms with E-state index in [9.17, 15) is 24.0 Å². The van der Waals surface area contributed by atoms with E-state index in [1.54, 1.807) is 52.3 Å². The summed E-state index contributed by atoms with van der Waals surface area (Å²) in [5, 5.41) is 5.22. The van der Waals surface area contributed by atoms with Crippen molar-refractivity contribution in [3.8, 4) is 16.9 Å². The number of benzene rings is 2. The molecule has 0 aliphatic carbocycles. The Morgan fingerprint density at radius 3 is 2.33 bits per heavy atom. The molecule has 0 bridgehead atoms. The van der Waals surface area contributed by atoms with Crippen molar-refractivity contribution in [1.82, 2.24) is 25.4 Å². The standard InChI is InChI=1S/C39H41FN6O9/c1-39(2,3)55-38(51)45(31-14-12-26(34(40)42-31)23-6-8-24(9-7-23)30-21-41-22-33(52-5)44(30)4)16-17-53-18-19-54-25-10-11-27-28(20-25)37(50)46(36(27)49)29-13-15-32(47)43-35(29)48/h6-12,14,20-22,29,41H,13,15-19H2,1-5H3,(H,43,47,48). The molecule has 0 saturated carbocycles. The van der Waals surface area contributed by atoms with Gasteiger partial charge in [0.15, 0.2) is 0 Å². The molecule has 1 fully saturated rings. The fourth-order valence-electron chi connectivity index (χ4n) is 6.22. The maximum Gasteiger partial charge on any atom is 0.416 e. The van der Waals surface area contributed by atoms with E-state index < -0.39 is 47.3 Å². The minimum absolute atomic E-state index is 0.0182. The van der Waals surface area contributed by atoms with Crippen LogP contribution in [-0.2, 0) is 23.8 Å². The molecule has 1 atom stereocenters. The number of methoxy groups -OCH3 is 1. The molecule has 288 valence electrons. The Kier molecular flexibility index (Phi) is 11.2. The summed E-state index contributed by atoms with van der Waals surface area (Å²) in [4.78, 5) is 71.2. The predicted octanol–water partition coefficient (Wildman–Crippen LogP) is 4.40. The Morgan fingerprint density at radius 1 is 0.927 bits per heavy atom. The van der Waals surface area contributed by atoms with E-state index in [1.165, 1.54) is 29.2 Å². The van der Waals surface area contributed by atoms with Gasteiger partial charge in [-0.15, -0.1) is 0 Å². The first-order valence-corrected chi connectivity index (χ1v) is 17.5. The number of fused-ring (bicyclic) bond motifs is 1. The number of carbonyl (C=O) groups is 5. The van der Waals surface area contributed by atoms with Gasteiger partial charge >= 0.3 is 6.09 Å². The summed E-state index contributed by atoms with van der Waals surface area (Å²) in [6.45, 7) is 5.29. The summed E-state index contributed by atoms with van der Waals surface area (Å²) in [5.41, 5.74) is 1.97. The van der Waals surface area contributed by atoms with Crippen LogP contribution in [0.5, 0.6) is 5.75 Å². The zero-order valence-corrected chi connectivity index (χ0v) is 31.0. The van der Waals surface area contributed by atoms with E-state index in [1.807, 2.05) is 30.3 Å². The normalized spacial score (nSPS) is 16.9. The molecule has 2 aromatic carbocycles. The van der Waals surface area contributed by atoms with Gasteiger partial charge in [-0.3, -0.25) is 34.3 Å². The Hall–Kier alpha value is -6.29. The van der Waals surface area contributed by atoms with Gasteiger partial charge < -0.3 is 29.2 Å². The number of carbonyl (C=O) groups excluding carboxylic acids is 5. The summed E-state index contributed by atoms with van der Waals surface area (Å²) < 4.78 is 38.0. The first-order valence-electron chi connectivity index (χ1n) is 17.5. The average molecular weight is 757 g/mol. The summed E-state index contributed by atoms with van der Waals surface area (Å²) in [6.07, 6.45) is 2.91. The van der Waals surface area contributed by atoms with Crippen molar-refractivity contribution in [2.24, 2.45) is 0 Å². The molecule has 3 aromatic rings. The number of imide groups is 2. The van der Waals surface area contributed by atoms with Crippen molar-refractivity contribution in [2.75, 3.05) is 45.4 Å². The van der Waals surface area contributed by atoms with Crippen molar-refractivity contribution < 1.29 is 47.3 Å². The molecule has 1 saturated heterocycles. The fraction of sp³-hybridized carbons (Fsp3) is 0.333. The molecule has 1 unspecified atom stereocenters. The van der Waals surface area contributed by atoms with Crippen LogP contribution >= 0.6 is 0 Å². The lowest BCUT2D eigenvalue weighted by Crippen LogP contribution is -2.54. The van der Waals surface area contributed by atoms with Crippen molar-refractivity contribution in [1.29, 1.82) is 0 Å². The van der Waals surface area contributed by atoms with Gasteiger partial charge in [-0.25, -0.2) is 9.78 Å². The highest BCUT2D eigenvalue weighted by Crippen LogP contribution is 2.31. The number of rotatable bonds is 12. The van der Waals surface area contributed by atoms with E-state index >= 15 is 4.39 Å². The number of pyridine rings is 1. The van der Waals surface area contributed by atoms with E-state index in [2.05, 4.69) is 15.6 Å². The van der Waals surface area contributed by atoms with Gasteiger partial charge in [0.05, 0.1) is 49.9 Å². The highest BCUT2D eigenvalue weighted by molar-refractivity contribution is 6.23. The Labute approximate surface area is 316 Å². The van der Waals surface area contributed by atoms with Crippen LogP contribution in [-0.4, -0.2) is 96.7 Å². The van der Waals surface area contributed by atoms with Crippen molar-refractivity contribution >= 4 is 41.2 Å². The molecular weight excluding hydrogens is 715 g/mol. The average Bonchev–Trinajstić information content (AvgIpc) is 3.38. The number of ether oxygens (including phenoxy) is 4. The first-order chi connectivity index (χ1) is 26.3. The van der Waals surface area contributed by atoms with E-state index in [0.717, 1.165) is 16.2 Å². The largest absolute Gasteiger partial charge is 0.491 e. The minimum atomic E-state index is -1.07. The number of hydrogen-bond donors (Lipinski definition) is 2.